The van der Waals surface area contributed by atoms with Crippen molar-refractivity contribution in [3.63, 3.8) is 0 Å². The minimum absolute atomic E-state index is 0.0580. The Hall–Kier alpha value is -2.87. The molecule has 3 N–H and O–H groups in total. The molecule has 0 aliphatic rings. The maximum atomic E-state index is 12.6. The number of aryl methyl sites for hydroxylation is 2. The monoisotopic (exact) mass is 383 g/mol. The summed E-state index contributed by atoms with van der Waals surface area (Å²) >= 11 is 1.21. The number of nitrogens with two attached hydrogens (primary N) is 1. The number of nitrogen functional groups attached to an aromatic ring is 1. The first-order valence-corrected chi connectivity index (χ1v) is 9.41. The Bertz CT molecular complexity index is 1020. The van der Waals surface area contributed by atoms with Gasteiger partial charge >= 0.3 is 0 Å². The zero-order valence-corrected chi connectivity index (χ0v) is 16.5. The molecule has 0 saturated carbocycles. The molecule has 0 aliphatic heterocycles. The van der Waals surface area contributed by atoms with Crippen molar-refractivity contribution in [2.45, 2.75) is 32.9 Å². The highest BCUT2D eigenvalue weighted by molar-refractivity contribution is 7.99. The molecule has 3 rings (SSSR count). The van der Waals surface area contributed by atoms with E-state index in [0.29, 0.717) is 33.5 Å². The number of carbonyl (C=O) groups excluding carboxylic acids is 2. The predicted octanol–water partition coefficient (Wildman–Crippen LogP) is 3.09. The van der Waals surface area contributed by atoms with Gasteiger partial charge in [-0.1, -0.05) is 41.6 Å². The van der Waals surface area contributed by atoms with Gasteiger partial charge in [0.1, 0.15) is 0 Å². The van der Waals surface area contributed by atoms with Crippen LogP contribution < -0.4 is 5.84 Å². The molecule has 0 unspecified atom stereocenters. The van der Waals surface area contributed by atoms with Gasteiger partial charge in [-0.25, -0.2) is 4.68 Å². The standard InChI is InChI=1S/C19H21N5O2S/c1-10-5-7-14(8-6-10)18-22-23-19(24(18)20)27-9-15(26)17-11(2)16(13(4)25)12(3)21-17/h5-8,21H,9,20H2,1-4H3. The molecular weight excluding hydrogens is 362 g/mol. The van der Waals surface area contributed by atoms with E-state index in [0.717, 1.165) is 11.1 Å². The molecule has 0 bridgehead atoms. The number of carbonyl (C=O) groups is 2. The highest BCUT2D eigenvalue weighted by Gasteiger charge is 2.21. The van der Waals surface area contributed by atoms with E-state index in [2.05, 4.69) is 15.2 Å². The van der Waals surface area contributed by atoms with Gasteiger partial charge in [0.05, 0.1) is 11.4 Å². The van der Waals surface area contributed by atoms with Gasteiger partial charge in [0.2, 0.25) is 5.16 Å². The summed E-state index contributed by atoms with van der Waals surface area (Å²) in [6.45, 7) is 7.07. The van der Waals surface area contributed by atoms with Crippen LogP contribution in [-0.2, 0) is 0 Å². The van der Waals surface area contributed by atoms with Crippen molar-refractivity contribution in [1.82, 2.24) is 19.9 Å². The van der Waals surface area contributed by atoms with Crippen molar-refractivity contribution < 1.29 is 9.59 Å². The minimum atomic E-state index is -0.118. The second-order valence-electron chi connectivity index (χ2n) is 6.44. The molecule has 1 aromatic carbocycles. The number of hydrogen-bond donors (Lipinski definition) is 2. The van der Waals surface area contributed by atoms with E-state index in [1.54, 1.807) is 13.8 Å². The lowest BCUT2D eigenvalue weighted by Crippen LogP contribution is -2.13. The normalized spacial score (nSPS) is 11.0. The number of Topliss-reactive ketones (excluding diaryl/α,β-unsaturated/α-hetero) is 2. The van der Waals surface area contributed by atoms with Crippen molar-refractivity contribution in [1.29, 1.82) is 0 Å². The van der Waals surface area contributed by atoms with Gasteiger partial charge < -0.3 is 10.8 Å². The van der Waals surface area contributed by atoms with Crippen molar-refractivity contribution in [2.24, 2.45) is 0 Å². The summed E-state index contributed by atoms with van der Waals surface area (Å²) in [4.78, 5) is 27.3. The molecule has 140 valence electrons. The molecule has 0 amide bonds. The highest BCUT2D eigenvalue weighted by atomic mass is 32.2. The number of ketones is 2. The quantitative estimate of drug-likeness (QED) is 0.385. The largest absolute Gasteiger partial charge is 0.355 e. The molecule has 2 aromatic heterocycles. The van der Waals surface area contributed by atoms with Gasteiger partial charge in [-0.2, -0.15) is 0 Å². The fourth-order valence-corrected chi connectivity index (χ4v) is 3.76. The van der Waals surface area contributed by atoms with Gasteiger partial charge in [0.15, 0.2) is 17.4 Å². The number of aromatic nitrogens is 4. The molecule has 0 spiro atoms. The van der Waals surface area contributed by atoms with E-state index in [1.807, 2.05) is 31.2 Å². The van der Waals surface area contributed by atoms with Crippen molar-refractivity contribution in [3.05, 3.63) is 52.3 Å². The van der Waals surface area contributed by atoms with Crippen LogP contribution in [0.1, 0.15) is 44.6 Å². The van der Waals surface area contributed by atoms with Gasteiger partial charge in [0.25, 0.3) is 0 Å². The molecule has 7 nitrogen and oxygen atoms in total. The fraction of sp³-hybridized carbons (Fsp3) is 0.263. The van der Waals surface area contributed by atoms with Crippen LogP contribution in [0.25, 0.3) is 11.4 Å². The number of nitrogens with zero attached hydrogens (tertiary/aromatic N) is 3. The summed E-state index contributed by atoms with van der Waals surface area (Å²) in [6, 6.07) is 7.81. The molecule has 0 fully saturated rings. The van der Waals surface area contributed by atoms with Crippen molar-refractivity contribution in [3.8, 4) is 11.4 Å². The second-order valence-corrected chi connectivity index (χ2v) is 7.38. The minimum Gasteiger partial charge on any atom is -0.355 e. The maximum Gasteiger partial charge on any atom is 0.210 e. The van der Waals surface area contributed by atoms with Crippen LogP contribution in [0.3, 0.4) is 0 Å². The van der Waals surface area contributed by atoms with Crippen molar-refractivity contribution >= 4 is 23.3 Å². The van der Waals surface area contributed by atoms with E-state index in [9.17, 15) is 9.59 Å². The van der Waals surface area contributed by atoms with Crippen LogP contribution in [0.2, 0.25) is 0 Å². The lowest BCUT2D eigenvalue weighted by molar-refractivity contribution is 0.101. The van der Waals surface area contributed by atoms with Gasteiger partial charge in [-0.3, -0.25) is 9.59 Å². The fourth-order valence-electron chi connectivity index (χ4n) is 3.03. The van der Waals surface area contributed by atoms with E-state index in [1.165, 1.54) is 23.4 Å². The van der Waals surface area contributed by atoms with Crippen LogP contribution in [0.15, 0.2) is 29.4 Å². The summed E-state index contributed by atoms with van der Waals surface area (Å²) in [6.07, 6.45) is 0. The van der Waals surface area contributed by atoms with Crippen LogP contribution >= 0.6 is 11.8 Å². The molecule has 0 aliphatic carbocycles. The summed E-state index contributed by atoms with van der Waals surface area (Å²) in [5, 5.41) is 8.67. The summed E-state index contributed by atoms with van der Waals surface area (Å²) in [7, 11) is 0. The predicted molar refractivity (Wildman–Crippen MR) is 106 cm³/mol. The number of rotatable bonds is 6. The lowest BCUT2D eigenvalue weighted by atomic mass is 10.1. The third-order valence-electron chi connectivity index (χ3n) is 4.38. The first-order valence-electron chi connectivity index (χ1n) is 8.43. The first kappa shape index (κ1) is 18.9. The zero-order valence-electron chi connectivity index (χ0n) is 15.7. The number of benzene rings is 1. The molecular formula is C19H21N5O2S. The Labute approximate surface area is 161 Å². The van der Waals surface area contributed by atoms with Gasteiger partial charge in [-0.15, -0.1) is 10.2 Å². The Morgan fingerprint density at radius 1 is 1.15 bits per heavy atom. The SMILES string of the molecule is CC(=O)c1c(C)[nH]c(C(=O)CSc2nnc(-c3ccc(C)cc3)n2N)c1C. The summed E-state index contributed by atoms with van der Waals surface area (Å²) in [5.74, 6) is 6.61. The smallest absolute Gasteiger partial charge is 0.210 e. The first-order chi connectivity index (χ1) is 12.8. The number of nitrogens with one attached hydrogen (secondary N) is 1. The third-order valence-corrected chi connectivity index (χ3v) is 5.32. The van der Waals surface area contributed by atoms with Gasteiger partial charge in [-0.05, 0) is 33.3 Å². The highest BCUT2D eigenvalue weighted by Crippen LogP contribution is 2.24. The average molecular weight is 383 g/mol. The summed E-state index contributed by atoms with van der Waals surface area (Å²) < 4.78 is 1.39. The Kier molecular flexibility index (Phi) is 5.18. The summed E-state index contributed by atoms with van der Waals surface area (Å²) in [5.41, 5.74) is 4.41. The zero-order chi connectivity index (χ0) is 19.7. The molecule has 2 heterocycles. The van der Waals surface area contributed by atoms with Crippen molar-refractivity contribution in [2.75, 3.05) is 11.6 Å². The second kappa shape index (κ2) is 7.40. The van der Waals surface area contributed by atoms with E-state index < -0.39 is 0 Å². The topological polar surface area (TPSA) is 107 Å². The molecule has 0 atom stereocenters. The van der Waals surface area contributed by atoms with Crippen LogP contribution in [0.4, 0.5) is 0 Å². The number of thioether (sulfide) groups is 1. The van der Waals surface area contributed by atoms with Gasteiger partial charge in [0, 0.05) is 16.8 Å². The van der Waals surface area contributed by atoms with E-state index in [4.69, 9.17) is 5.84 Å². The maximum absolute atomic E-state index is 12.6. The van der Waals surface area contributed by atoms with Crippen LogP contribution in [0.5, 0.6) is 0 Å². The van der Waals surface area contributed by atoms with Crippen LogP contribution in [0, 0.1) is 20.8 Å². The molecule has 27 heavy (non-hydrogen) atoms. The Morgan fingerprint density at radius 3 is 2.41 bits per heavy atom. The number of aromatic amines is 1. The molecule has 0 radical (unpaired) electrons. The lowest BCUT2D eigenvalue weighted by Gasteiger charge is -2.04. The number of H-pyrrole nitrogens is 1. The Morgan fingerprint density at radius 2 is 1.81 bits per heavy atom. The average Bonchev–Trinajstić information content (AvgIpc) is 3.13. The molecule has 3 aromatic rings. The van der Waals surface area contributed by atoms with E-state index in [-0.39, 0.29) is 17.3 Å². The molecule has 8 heteroatoms. The van der Waals surface area contributed by atoms with Crippen LogP contribution in [-0.4, -0.2) is 37.2 Å². The molecule has 0 saturated heterocycles. The number of hydrogen-bond acceptors (Lipinski definition) is 6. The van der Waals surface area contributed by atoms with E-state index >= 15 is 0 Å². The Balaban J connectivity index is 1.76. The third kappa shape index (κ3) is 3.66.